The van der Waals surface area contributed by atoms with Crippen molar-refractivity contribution < 1.29 is 14.1 Å². The van der Waals surface area contributed by atoms with Gasteiger partial charge in [-0.25, -0.2) is 4.79 Å². The zero-order valence-corrected chi connectivity index (χ0v) is 9.73. The maximum Gasteiger partial charge on any atom is 0.372 e. The van der Waals surface area contributed by atoms with E-state index in [1.165, 1.54) is 12.8 Å². The van der Waals surface area contributed by atoms with Gasteiger partial charge in [0, 0.05) is 12.6 Å². The first-order valence-electron chi connectivity index (χ1n) is 5.17. The predicted octanol–water partition coefficient (Wildman–Crippen LogP) is 1.02. The van der Waals surface area contributed by atoms with Crippen molar-refractivity contribution in [1.29, 1.82) is 0 Å². The molecule has 0 radical (unpaired) electrons. The van der Waals surface area contributed by atoms with E-state index in [-0.39, 0.29) is 12.5 Å². The van der Waals surface area contributed by atoms with Gasteiger partial charge in [-0.2, -0.15) is 4.57 Å². The number of ether oxygens (including phenoxy) is 1. The second kappa shape index (κ2) is 3.96. The van der Waals surface area contributed by atoms with Crippen molar-refractivity contribution in [2.45, 2.75) is 20.4 Å². The lowest BCUT2D eigenvalue weighted by molar-refractivity contribution is -0.691. The normalized spacial score (nSPS) is 10.7. The van der Waals surface area contributed by atoms with Crippen LogP contribution in [0.4, 0.5) is 0 Å². The van der Waals surface area contributed by atoms with Crippen molar-refractivity contribution in [3.05, 3.63) is 35.9 Å². The topological polar surface area (TPSA) is 34.6 Å². The molecule has 0 fully saturated rings. The Morgan fingerprint density at radius 1 is 1.44 bits per heavy atom. The van der Waals surface area contributed by atoms with Gasteiger partial charge in [-0.1, -0.05) is 0 Å². The molecule has 0 aliphatic rings. The molecular weight excluding hydrogens is 204 g/mol. The first-order chi connectivity index (χ1) is 7.63. The largest absolute Gasteiger partial charge is 0.464 e. The van der Waals surface area contributed by atoms with Crippen LogP contribution in [0.15, 0.2) is 24.5 Å². The number of nitrogens with zero attached hydrogens (tertiary/aromatic N) is 2. The van der Waals surface area contributed by atoms with Gasteiger partial charge in [-0.15, -0.1) is 0 Å². The standard InChI is InChI=1S/C12H15N2O2/c1-9-4-5-11-10(2)13(6-7-14(9)11)8-12(15)16-3/h4-7H,8H2,1-3H3/q+1. The molecule has 16 heavy (non-hydrogen) atoms. The Bertz CT molecular complexity index is 543. The summed E-state index contributed by atoms with van der Waals surface area (Å²) in [5.41, 5.74) is 3.35. The van der Waals surface area contributed by atoms with Crippen molar-refractivity contribution in [2.75, 3.05) is 7.11 Å². The fraction of sp³-hybridized carbons (Fsp3) is 0.333. The third-order valence-corrected chi connectivity index (χ3v) is 2.85. The Balaban J connectivity index is 2.48. The molecule has 4 nitrogen and oxygen atoms in total. The van der Waals surface area contributed by atoms with Crippen LogP contribution in [-0.2, 0) is 16.1 Å². The molecule has 0 bridgehead atoms. The van der Waals surface area contributed by atoms with Crippen LogP contribution in [0, 0.1) is 13.8 Å². The molecule has 84 valence electrons. The Morgan fingerprint density at radius 2 is 2.19 bits per heavy atom. The summed E-state index contributed by atoms with van der Waals surface area (Å²) in [6, 6.07) is 4.11. The van der Waals surface area contributed by atoms with E-state index in [9.17, 15) is 4.79 Å². The molecule has 4 heteroatoms. The summed E-state index contributed by atoms with van der Waals surface area (Å²) in [4.78, 5) is 11.2. The Hall–Kier alpha value is -1.84. The molecule has 0 atom stereocenters. The highest BCUT2D eigenvalue weighted by Crippen LogP contribution is 2.10. The molecule has 2 rings (SSSR count). The number of esters is 1. The molecule has 2 heterocycles. The highest BCUT2D eigenvalue weighted by molar-refractivity contribution is 5.67. The monoisotopic (exact) mass is 219 g/mol. The van der Waals surface area contributed by atoms with E-state index in [1.807, 2.05) is 23.9 Å². The highest BCUT2D eigenvalue weighted by atomic mass is 16.5. The van der Waals surface area contributed by atoms with Crippen molar-refractivity contribution in [2.24, 2.45) is 0 Å². The molecule has 0 aromatic carbocycles. The van der Waals surface area contributed by atoms with Crippen LogP contribution in [-0.4, -0.2) is 17.5 Å². The molecule has 2 aromatic rings. The van der Waals surface area contributed by atoms with Gasteiger partial charge in [0.2, 0.25) is 12.2 Å². The molecule has 2 aromatic heterocycles. The first kappa shape index (κ1) is 10.7. The highest BCUT2D eigenvalue weighted by Gasteiger charge is 2.15. The Kier molecular flexibility index (Phi) is 2.64. The van der Waals surface area contributed by atoms with Crippen LogP contribution >= 0.6 is 0 Å². The average Bonchev–Trinajstić information content (AvgIpc) is 2.65. The van der Waals surface area contributed by atoms with Crippen LogP contribution < -0.4 is 4.57 Å². The third kappa shape index (κ3) is 1.66. The second-order valence-electron chi connectivity index (χ2n) is 3.82. The molecule has 0 spiro atoms. The smallest absolute Gasteiger partial charge is 0.372 e. The molecular formula is C12H15N2O2+. The first-order valence-corrected chi connectivity index (χ1v) is 5.17. The predicted molar refractivity (Wildman–Crippen MR) is 59.1 cm³/mol. The summed E-state index contributed by atoms with van der Waals surface area (Å²) < 4.78 is 8.65. The van der Waals surface area contributed by atoms with Gasteiger partial charge in [0.05, 0.1) is 13.3 Å². The van der Waals surface area contributed by atoms with E-state index < -0.39 is 0 Å². The number of aryl methyl sites for hydroxylation is 2. The van der Waals surface area contributed by atoms with Crippen LogP contribution in [0.25, 0.3) is 5.52 Å². The van der Waals surface area contributed by atoms with Crippen molar-refractivity contribution in [3.63, 3.8) is 0 Å². The number of rotatable bonds is 2. The zero-order valence-electron chi connectivity index (χ0n) is 9.73. The summed E-state index contributed by atoms with van der Waals surface area (Å²) in [7, 11) is 1.40. The quantitative estimate of drug-likeness (QED) is 0.558. The van der Waals surface area contributed by atoms with Gasteiger partial charge < -0.3 is 9.14 Å². The second-order valence-corrected chi connectivity index (χ2v) is 3.82. The molecule has 0 aliphatic carbocycles. The van der Waals surface area contributed by atoms with E-state index in [0.29, 0.717) is 0 Å². The summed E-state index contributed by atoms with van der Waals surface area (Å²) in [6.45, 7) is 4.30. The van der Waals surface area contributed by atoms with Crippen LogP contribution in [0.3, 0.4) is 0 Å². The Labute approximate surface area is 94.1 Å². The van der Waals surface area contributed by atoms with Crippen molar-refractivity contribution in [3.8, 4) is 0 Å². The minimum atomic E-state index is -0.235. The summed E-state index contributed by atoms with van der Waals surface area (Å²) in [5.74, 6) is -0.235. The summed E-state index contributed by atoms with van der Waals surface area (Å²) >= 11 is 0. The van der Waals surface area contributed by atoms with Gasteiger partial charge in [-0.05, 0) is 19.1 Å². The zero-order chi connectivity index (χ0) is 11.7. The number of hydrogen-bond acceptors (Lipinski definition) is 2. The average molecular weight is 219 g/mol. The summed E-state index contributed by atoms with van der Waals surface area (Å²) in [6.07, 6.45) is 3.85. The molecule has 0 unspecified atom stereocenters. The van der Waals surface area contributed by atoms with Crippen molar-refractivity contribution in [1.82, 2.24) is 4.40 Å². The minimum Gasteiger partial charge on any atom is -0.464 e. The van der Waals surface area contributed by atoms with Gasteiger partial charge in [0.25, 0.3) is 0 Å². The Morgan fingerprint density at radius 3 is 2.88 bits per heavy atom. The number of carbonyl (C=O) groups is 1. The lowest BCUT2D eigenvalue weighted by atomic mass is 10.3. The van der Waals surface area contributed by atoms with Crippen LogP contribution in [0.1, 0.15) is 11.4 Å². The van der Waals surface area contributed by atoms with E-state index in [1.54, 1.807) is 0 Å². The van der Waals surface area contributed by atoms with E-state index >= 15 is 0 Å². The fourth-order valence-electron chi connectivity index (χ4n) is 1.82. The van der Waals surface area contributed by atoms with Crippen LogP contribution in [0.2, 0.25) is 0 Å². The van der Waals surface area contributed by atoms with Gasteiger partial charge in [0.1, 0.15) is 5.52 Å². The van der Waals surface area contributed by atoms with Crippen LogP contribution in [0.5, 0.6) is 0 Å². The SMILES string of the molecule is COC(=O)C[n+]1ccn2c(C)ccc2c1C. The number of fused-ring (bicyclic) bond motifs is 1. The van der Waals surface area contributed by atoms with E-state index in [2.05, 4.69) is 28.2 Å². The molecule has 0 saturated carbocycles. The van der Waals surface area contributed by atoms with Gasteiger partial charge >= 0.3 is 5.97 Å². The lowest BCUT2D eigenvalue weighted by Gasteiger charge is -2.02. The van der Waals surface area contributed by atoms with Gasteiger partial charge in [-0.3, -0.25) is 0 Å². The number of carbonyl (C=O) groups excluding carboxylic acids is 1. The maximum absolute atomic E-state index is 11.2. The molecule has 0 N–H and O–H groups in total. The molecule has 0 amide bonds. The summed E-state index contributed by atoms with van der Waals surface area (Å²) in [5, 5.41) is 0. The fourth-order valence-corrected chi connectivity index (χ4v) is 1.82. The van der Waals surface area contributed by atoms with Gasteiger partial charge in [0.15, 0.2) is 6.20 Å². The lowest BCUT2D eigenvalue weighted by Crippen LogP contribution is -2.41. The molecule has 0 aliphatic heterocycles. The third-order valence-electron chi connectivity index (χ3n) is 2.85. The number of methoxy groups -OCH3 is 1. The minimum absolute atomic E-state index is 0.235. The van der Waals surface area contributed by atoms with E-state index in [4.69, 9.17) is 0 Å². The van der Waals surface area contributed by atoms with E-state index in [0.717, 1.165) is 11.2 Å². The number of hydrogen-bond donors (Lipinski definition) is 0. The maximum atomic E-state index is 11.2. The number of aromatic nitrogens is 2. The van der Waals surface area contributed by atoms with Crippen molar-refractivity contribution >= 4 is 11.5 Å². The molecule has 0 saturated heterocycles.